The molecule has 1 aliphatic heterocycles. The molecule has 0 radical (unpaired) electrons. The maximum atomic E-state index is 4.43. The molecule has 0 fully saturated rings. The largest absolute Gasteiger partial charge is 0.349 e. The maximum Gasteiger partial charge on any atom is 0.134 e. The maximum absolute atomic E-state index is 4.43. The fraction of sp³-hybridized carbons (Fsp3) is 0.800. The van der Waals surface area contributed by atoms with Crippen LogP contribution in [0.25, 0.3) is 0 Å². The van der Waals surface area contributed by atoms with Crippen LogP contribution in [0.4, 0.5) is 0 Å². The monoisotopic (exact) mass is 181 g/mol. The zero-order chi connectivity index (χ0) is 10.1. The van der Waals surface area contributed by atoms with Crippen LogP contribution in [-0.4, -0.2) is 17.8 Å². The molecule has 3 nitrogen and oxygen atoms in total. The van der Waals surface area contributed by atoms with E-state index in [9.17, 15) is 0 Å². The molecule has 1 unspecified atom stereocenters. The first kappa shape index (κ1) is 10.2. The van der Waals surface area contributed by atoms with E-state index < -0.39 is 0 Å². The van der Waals surface area contributed by atoms with E-state index in [0.29, 0.717) is 0 Å². The lowest BCUT2D eigenvalue weighted by Crippen LogP contribution is -2.55. The number of amidine groups is 1. The minimum absolute atomic E-state index is 0.140. The van der Waals surface area contributed by atoms with E-state index in [0.717, 1.165) is 12.3 Å². The number of aliphatic imine (C=N–C) groups is 2. The summed E-state index contributed by atoms with van der Waals surface area (Å²) in [5, 5.41) is 3.34. The summed E-state index contributed by atoms with van der Waals surface area (Å²) in [6.07, 6.45) is 2.74. The van der Waals surface area contributed by atoms with Gasteiger partial charge in [-0.15, -0.1) is 0 Å². The lowest BCUT2D eigenvalue weighted by atomic mass is 9.77. The minimum atomic E-state index is -0.215. The van der Waals surface area contributed by atoms with Gasteiger partial charge in [-0.1, -0.05) is 20.8 Å². The fourth-order valence-corrected chi connectivity index (χ4v) is 1.34. The third-order valence-corrected chi connectivity index (χ3v) is 3.19. The van der Waals surface area contributed by atoms with Gasteiger partial charge in [0.25, 0.3) is 0 Å². The van der Waals surface area contributed by atoms with E-state index in [1.165, 1.54) is 0 Å². The van der Waals surface area contributed by atoms with Crippen LogP contribution in [0.2, 0.25) is 0 Å². The topological polar surface area (TPSA) is 36.8 Å². The molecule has 0 aliphatic carbocycles. The van der Waals surface area contributed by atoms with Crippen molar-refractivity contribution in [1.29, 1.82) is 0 Å². The molecule has 1 atom stereocenters. The van der Waals surface area contributed by atoms with Crippen LogP contribution >= 0.6 is 0 Å². The smallest absolute Gasteiger partial charge is 0.134 e. The van der Waals surface area contributed by atoms with Crippen molar-refractivity contribution >= 4 is 12.2 Å². The molecule has 3 heteroatoms. The van der Waals surface area contributed by atoms with E-state index >= 15 is 0 Å². The Morgan fingerprint density at radius 2 is 2.15 bits per heavy atom. The van der Waals surface area contributed by atoms with Crippen LogP contribution in [0.3, 0.4) is 0 Å². The van der Waals surface area contributed by atoms with Crippen molar-refractivity contribution < 1.29 is 0 Å². The summed E-state index contributed by atoms with van der Waals surface area (Å²) in [5.41, 5.74) is -0.0751. The first-order valence-electron chi connectivity index (χ1n) is 4.77. The Bertz CT molecular complexity index is 253. The van der Waals surface area contributed by atoms with Crippen LogP contribution in [0.5, 0.6) is 0 Å². The zero-order valence-corrected chi connectivity index (χ0v) is 9.18. The number of nitrogens with zero attached hydrogens (tertiary/aromatic N) is 2. The van der Waals surface area contributed by atoms with E-state index in [-0.39, 0.29) is 11.1 Å². The summed E-state index contributed by atoms with van der Waals surface area (Å²) in [6, 6.07) is 0. The van der Waals surface area contributed by atoms with E-state index in [1.54, 1.807) is 6.34 Å². The summed E-state index contributed by atoms with van der Waals surface area (Å²) in [7, 11) is 0. The highest BCUT2D eigenvalue weighted by Crippen LogP contribution is 2.35. The lowest BCUT2D eigenvalue weighted by Gasteiger charge is -2.42. The van der Waals surface area contributed by atoms with Crippen molar-refractivity contribution in [2.24, 2.45) is 15.4 Å². The van der Waals surface area contributed by atoms with Crippen molar-refractivity contribution in [3.05, 3.63) is 0 Å². The van der Waals surface area contributed by atoms with Crippen LogP contribution in [0.15, 0.2) is 9.98 Å². The van der Waals surface area contributed by atoms with Crippen LogP contribution in [-0.2, 0) is 0 Å². The highest BCUT2D eigenvalue weighted by atomic mass is 15.2. The predicted molar refractivity (Wildman–Crippen MR) is 57.2 cm³/mol. The summed E-state index contributed by atoms with van der Waals surface area (Å²) in [5.74, 6) is 0.944. The molecule has 0 saturated carbocycles. The van der Waals surface area contributed by atoms with Gasteiger partial charge in [-0.2, -0.15) is 0 Å². The van der Waals surface area contributed by atoms with Gasteiger partial charge in [0.15, 0.2) is 0 Å². The van der Waals surface area contributed by atoms with Gasteiger partial charge in [0.1, 0.15) is 17.8 Å². The molecule has 0 aromatic carbocycles. The third-order valence-electron chi connectivity index (χ3n) is 3.19. The zero-order valence-electron chi connectivity index (χ0n) is 9.18. The molecule has 0 amide bonds. The number of nitrogens with one attached hydrogen (secondary N) is 1. The molecule has 13 heavy (non-hydrogen) atoms. The molecule has 0 aromatic rings. The van der Waals surface area contributed by atoms with Crippen LogP contribution in [0.1, 0.15) is 41.0 Å². The average Bonchev–Trinajstić information content (AvgIpc) is 2.03. The summed E-state index contributed by atoms with van der Waals surface area (Å²) in [6.45, 7) is 10.7. The van der Waals surface area contributed by atoms with Crippen molar-refractivity contribution in [2.75, 3.05) is 0 Å². The molecular formula is C10H19N3. The number of hydrogen-bond donors (Lipinski definition) is 1. The van der Waals surface area contributed by atoms with E-state index in [4.69, 9.17) is 0 Å². The van der Waals surface area contributed by atoms with Gasteiger partial charge in [0.05, 0.1) is 0 Å². The Balaban J connectivity index is 2.91. The first-order chi connectivity index (χ1) is 5.91. The fourth-order valence-electron chi connectivity index (χ4n) is 1.34. The molecule has 1 heterocycles. The molecule has 0 saturated heterocycles. The molecule has 1 rings (SSSR count). The van der Waals surface area contributed by atoms with Gasteiger partial charge in [-0.3, -0.25) is 0 Å². The molecule has 74 valence electrons. The number of rotatable bonds is 2. The Kier molecular flexibility index (Phi) is 2.46. The number of hydrogen-bond acceptors (Lipinski definition) is 3. The Hall–Kier alpha value is -0.860. The second-order valence-electron chi connectivity index (χ2n) is 4.39. The quantitative estimate of drug-likeness (QED) is 0.696. The van der Waals surface area contributed by atoms with Gasteiger partial charge in [-0.25, -0.2) is 9.98 Å². The first-order valence-corrected chi connectivity index (χ1v) is 4.77. The van der Waals surface area contributed by atoms with Gasteiger partial charge < -0.3 is 5.32 Å². The van der Waals surface area contributed by atoms with Gasteiger partial charge in [0, 0.05) is 5.41 Å². The molecule has 0 aromatic heterocycles. The van der Waals surface area contributed by atoms with E-state index in [1.807, 2.05) is 6.92 Å². The van der Waals surface area contributed by atoms with Crippen LogP contribution < -0.4 is 5.32 Å². The standard InChI is InChI=1S/C10H19N3/c1-6-9(3,4)10(5)12-7-11-8(2)13-10/h7H,6H2,1-5H3,(H,11,12,13). The highest BCUT2D eigenvalue weighted by Gasteiger charge is 2.40. The molecule has 1 aliphatic rings. The Morgan fingerprint density at radius 1 is 1.54 bits per heavy atom. The van der Waals surface area contributed by atoms with Gasteiger partial charge in [-0.05, 0) is 20.3 Å². The second kappa shape index (κ2) is 3.13. The Labute approximate surface area is 80.4 Å². The Morgan fingerprint density at radius 3 is 2.62 bits per heavy atom. The summed E-state index contributed by atoms with van der Waals surface area (Å²) in [4.78, 5) is 8.52. The van der Waals surface area contributed by atoms with Crippen molar-refractivity contribution in [2.45, 2.75) is 46.7 Å². The van der Waals surface area contributed by atoms with Crippen molar-refractivity contribution in [3.63, 3.8) is 0 Å². The second-order valence-corrected chi connectivity index (χ2v) is 4.39. The van der Waals surface area contributed by atoms with Crippen molar-refractivity contribution in [1.82, 2.24) is 5.32 Å². The van der Waals surface area contributed by atoms with E-state index in [2.05, 4.69) is 43.0 Å². The molecule has 0 bridgehead atoms. The van der Waals surface area contributed by atoms with Gasteiger partial charge in [0.2, 0.25) is 0 Å². The minimum Gasteiger partial charge on any atom is -0.349 e. The third kappa shape index (κ3) is 1.74. The normalized spacial score (nSPS) is 28.2. The van der Waals surface area contributed by atoms with Crippen LogP contribution in [0, 0.1) is 5.41 Å². The predicted octanol–water partition coefficient (Wildman–Crippen LogP) is 2.19. The lowest BCUT2D eigenvalue weighted by molar-refractivity contribution is 0.160. The van der Waals surface area contributed by atoms with Crippen molar-refractivity contribution in [3.8, 4) is 0 Å². The summed E-state index contributed by atoms with van der Waals surface area (Å²) >= 11 is 0. The molecular weight excluding hydrogens is 162 g/mol. The molecule has 0 spiro atoms. The summed E-state index contributed by atoms with van der Waals surface area (Å²) < 4.78 is 0. The van der Waals surface area contributed by atoms with Gasteiger partial charge >= 0.3 is 0 Å². The highest BCUT2D eigenvalue weighted by molar-refractivity contribution is 5.89. The average molecular weight is 181 g/mol. The SMILES string of the molecule is CCC(C)(C)C1(C)N=CN=C(C)N1. The molecule has 1 N–H and O–H groups in total.